The minimum Gasteiger partial charge on any atom is -0.355 e. The number of nitrogens with zero attached hydrogens (tertiary/aromatic N) is 7. The molecule has 3 aromatic heterocycles. The number of rotatable bonds is 3. The Morgan fingerprint density at radius 2 is 1.93 bits per heavy atom. The zero-order valence-electron chi connectivity index (χ0n) is 14.3. The molecule has 1 aliphatic heterocycles. The maximum Gasteiger partial charge on any atom is 0.405 e. The largest absolute Gasteiger partial charge is 0.405 e. The first-order chi connectivity index (χ1) is 13.4. The Bertz CT molecular complexity index is 1030. The molecule has 1 saturated heterocycles. The molecule has 0 spiro atoms. The zero-order chi connectivity index (χ0) is 19.8. The van der Waals surface area contributed by atoms with E-state index in [-0.39, 0.29) is 30.4 Å². The first-order valence-corrected chi connectivity index (χ1v) is 8.22. The lowest BCUT2D eigenvalue weighted by molar-refractivity contribution is -0.191. The fourth-order valence-electron chi connectivity index (χ4n) is 3.15. The predicted octanol–water partition coefficient (Wildman–Crippen LogP) is 2.50. The molecule has 1 atom stereocenters. The molecule has 3 aromatic rings. The van der Waals surface area contributed by atoms with E-state index in [0.717, 1.165) is 0 Å². The highest BCUT2D eigenvalue weighted by Gasteiger charge is 2.63. The first kappa shape index (κ1) is 17.8. The summed E-state index contributed by atoms with van der Waals surface area (Å²) in [6.45, 7) is -0.384. The van der Waals surface area contributed by atoms with Gasteiger partial charge < -0.3 is 9.42 Å². The Morgan fingerprint density at radius 1 is 1.14 bits per heavy atom. The number of aromatic nitrogens is 5. The summed E-state index contributed by atoms with van der Waals surface area (Å²) in [5.74, 6) is -0.302. The zero-order valence-corrected chi connectivity index (χ0v) is 14.3. The Balaban J connectivity index is 1.70. The quantitative estimate of drug-likeness (QED) is 0.675. The van der Waals surface area contributed by atoms with Gasteiger partial charge in [0.1, 0.15) is 11.9 Å². The molecule has 4 heterocycles. The summed E-state index contributed by atoms with van der Waals surface area (Å²) < 4.78 is 47.3. The maximum atomic E-state index is 14.1. The van der Waals surface area contributed by atoms with Gasteiger partial charge in [-0.1, -0.05) is 5.16 Å². The Morgan fingerprint density at radius 3 is 2.64 bits per heavy atom. The van der Waals surface area contributed by atoms with E-state index in [4.69, 9.17) is 9.78 Å². The third-order valence-corrected chi connectivity index (χ3v) is 4.65. The monoisotopic (exact) mass is 387 g/mol. The molecule has 0 saturated carbocycles. The van der Waals surface area contributed by atoms with Gasteiger partial charge in [-0.05, 0) is 24.6 Å². The molecule has 0 unspecified atom stereocenters. The van der Waals surface area contributed by atoms with Crippen LogP contribution in [0.1, 0.15) is 18.1 Å². The number of alkyl halides is 3. The van der Waals surface area contributed by atoms with Crippen molar-refractivity contribution in [2.45, 2.75) is 18.0 Å². The van der Waals surface area contributed by atoms with Gasteiger partial charge in [0.15, 0.2) is 5.41 Å². The lowest BCUT2D eigenvalue weighted by Gasteiger charge is -2.28. The second kappa shape index (κ2) is 6.56. The van der Waals surface area contributed by atoms with Crippen LogP contribution in [0, 0.1) is 11.3 Å². The molecule has 0 aromatic carbocycles. The summed E-state index contributed by atoms with van der Waals surface area (Å²) >= 11 is 0. The van der Waals surface area contributed by atoms with Crippen molar-refractivity contribution in [2.24, 2.45) is 0 Å². The summed E-state index contributed by atoms with van der Waals surface area (Å²) in [6.07, 6.45) is -0.577. The molecule has 0 bridgehead atoms. The van der Waals surface area contributed by atoms with Crippen molar-refractivity contribution < 1.29 is 17.7 Å². The molecule has 28 heavy (non-hydrogen) atoms. The van der Waals surface area contributed by atoms with E-state index < -0.39 is 24.0 Å². The van der Waals surface area contributed by atoms with E-state index >= 15 is 0 Å². The topological polar surface area (TPSA) is 105 Å². The van der Waals surface area contributed by atoms with Gasteiger partial charge in [-0.15, -0.1) is 0 Å². The highest BCUT2D eigenvalue weighted by Crippen LogP contribution is 2.48. The van der Waals surface area contributed by atoms with Crippen LogP contribution in [-0.4, -0.2) is 44.4 Å². The number of anilines is 1. The average molecular weight is 387 g/mol. The first-order valence-electron chi connectivity index (χ1n) is 8.22. The molecule has 11 heteroatoms. The van der Waals surface area contributed by atoms with E-state index in [9.17, 15) is 13.2 Å². The number of hydrogen-bond acceptors (Lipinski definition) is 8. The molecule has 0 aliphatic carbocycles. The summed E-state index contributed by atoms with van der Waals surface area (Å²) in [5, 5.41) is 12.6. The second-order valence-electron chi connectivity index (χ2n) is 6.26. The van der Waals surface area contributed by atoms with Crippen LogP contribution < -0.4 is 4.90 Å². The van der Waals surface area contributed by atoms with Gasteiger partial charge in [-0.2, -0.15) is 23.4 Å². The van der Waals surface area contributed by atoms with Gasteiger partial charge >= 0.3 is 6.18 Å². The molecule has 0 amide bonds. The average Bonchev–Trinajstić information content (AvgIpc) is 3.36. The molecule has 142 valence electrons. The SMILES string of the molecule is N#Cc1nccc(N2CC[C@@](c3nc(-c4ccncc4)no3)(C(F)(F)F)C2)n1. The van der Waals surface area contributed by atoms with E-state index in [1.165, 1.54) is 29.6 Å². The van der Waals surface area contributed by atoms with Crippen molar-refractivity contribution in [3.63, 3.8) is 0 Å². The Kier molecular flexibility index (Phi) is 4.18. The summed E-state index contributed by atoms with van der Waals surface area (Å²) in [4.78, 5) is 17.0. The van der Waals surface area contributed by atoms with Gasteiger partial charge in [0.25, 0.3) is 0 Å². The smallest absolute Gasteiger partial charge is 0.355 e. The van der Waals surface area contributed by atoms with Gasteiger partial charge in [0.2, 0.25) is 17.5 Å². The predicted molar refractivity (Wildman–Crippen MR) is 88.8 cm³/mol. The second-order valence-corrected chi connectivity index (χ2v) is 6.26. The fraction of sp³-hybridized carbons (Fsp3) is 0.294. The maximum absolute atomic E-state index is 14.1. The minimum absolute atomic E-state index is 0.0632. The van der Waals surface area contributed by atoms with Crippen LogP contribution in [0.3, 0.4) is 0 Å². The molecule has 1 aliphatic rings. The third kappa shape index (κ3) is 2.92. The number of pyridine rings is 1. The fourth-order valence-corrected chi connectivity index (χ4v) is 3.15. The van der Waals surface area contributed by atoms with Crippen LogP contribution in [0.5, 0.6) is 0 Å². The number of halogens is 3. The lowest BCUT2D eigenvalue weighted by Crippen LogP contribution is -2.45. The molecular weight excluding hydrogens is 375 g/mol. The number of nitriles is 1. The third-order valence-electron chi connectivity index (χ3n) is 4.65. The van der Waals surface area contributed by atoms with Crippen molar-refractivity contribution in [1.82, 2.24) is 25.1 Å². The van der Waals surface area contributed by atoms with Gasteiger partial charge in [-0.25, -0.2) is 9.97 Å². The van der Waals surface area contributed by atoms with E-state index in [2.05, 4.69) is 25.1 Å². The van der Waals surface area contributed by atoms with Gasteiger partial charge in [0.05, 0.1) is 0 Å². The number of hydrogen-bond donors (Lipinski definition) is 0. The van der Waals surface area contributed by atoms with Crippen LogP contribution in [0.4, 0.5) is 19.0 Å². The lowest BCUT2D eigenvalue weighted by atomic mass is 9.86. The van der Waals surface area contributed by atoms with E-state index in [0.29, 0.717) is 5.56 Å². The van der Waals surface area contributed by atoms with Crippen molar-refractivity contribution in [3.05, 3.63) is 48.5 Å². The van der Waals surface area contributed by atoms with Crippen molar-refractivity contribution in [1.29, 1.82) is 5.26 Å². The van der Waals surface area contributed by atoms with Crippen molar-refractivity contribution >= 4 is 5.82 Å². The molecule has 8 nitrogen and oxygen atoms in total. The van der Waals surface area contributed by atoms with Crippen molar-refractivity contribution in [2.75, 3.05) is 18.0 Å². The van der Waals surface area contributed by atoms with E-state index in [1.54, 1.807) is 18.2 Å². The van der Waals surface area contributed by atoms with Crippen LogP contribution in [-0.2, 0) is 5.41 Å². The summed E-state index contributed by atoms with van der Waals surface area (Å²) in [5.41, 5.74) is -1.82. The minimum atomic E-state index is -4.62. The summed E-state index contributed by atoms with van der Waals surface area (Å²) in [7, 11) is 0. The van der Waals surface area contributed by atoms with Crippen LogP contribution in [0.2, 0.25) is 0 Å². The molecule has 0 N–H and O–H groups in total. The molecule has 0 radical (unpaired) electrons. The van der Waals surface area contributed by atoms with E-state index in [1.807, 2.05) is 0 Å². The molecule has 1 fully saturated rings. The van der Waals surface area contributed by atoms with Crippen LogP contribution in [0.15, 0.2) is 41.3 Å². The van der Waals surface area contributed by atoms with Gasteiger partial charge in [-0.3, -0.25) is 4.98 Å². The summed E-state index contributed by atoms with van der Waals surface area (Å²) in [6, 6.07) is 6.41. The van der Waals surface area contributed by atoms with Gasteiger partial charge in [0, 0.05) is 37.2 Å². The highest BCUT2D eigenvalue weighted by atomic mass is 19.4. The van der Waals surface area contributed by atoms with Crippen LogP contribution in [0.25, 0.3) is 11.4 Å². The highest BCUT2D eigenvalue weighted by molar-refractivity contribution is 5.53. The molecular formula is C17H12F3N7O. The van der Waals surface area contributed by atoms with Crippen molar-refractivity contribution in [3.8, 4) is 17.5 Å². The molecule has 4 rings (SSSR count). The Labute approximate surface area is 156 Å². The normalized spacial score (nSPS) is 19.6. The van der Waals surface area contributed by atoms with Crippen LogP contribution >= 0.6 is 0 Å². The standard InChI is InChI=1S/C17H12F3N7O/c18-17(19,20)16(15-25-14(26-28-15)11-1-5-22-6-2-11)4-8-27(10-16)13-3-7-23-12(9-21)24-13/h1-3,5-7H,4,8,10H2/t16-/m1/s1. The Hall–Kier alpha value is -3.55.